The van der Waals surface area contributed by atoms with Gasteiger partial charge in [-0.3, -0.25) is 14.4 Å². The summed E-state index contributed by atoms with van der Waals surface area (Å²) in [7, 11) is -2.45. The first-order valence-electron chi connectivity index (χ1n) is 12.7. The van der Waals surface area contributed by atoms with Crippen LogP contribution in [0.25, 0.3) is 0 Å². The number of esters is 3. The van der Waals surface area contributed by atoms with Gasteiger partial charge < -0.3 is 28.4 Å². The molecule has 2 aromatic carbocycles. The number of halogens is 1. The van der Waals surface area contributed by atoms with Crippen LogP contribution < -0.4 is 14.6 Å². The lowest BCUT2D eigenvalue weighted by Crippen LogP contribution is -2.58. The van der Waals surface area contributed by atoms with Crippen LogP contribution in [-0.4, -0.2) is 71.2 Å². The number of carbonyl (C=O) groups excluding carboxylic acids is 3. The molecular weight excluding hydrogens is 596 g/mol. The second kappa shape index (κ2) is 14.8. The molecule has 13 nitrogen and oxygen atoms in total. The van der Waals surface area contributed by atoms with Gasteiger partial charge in [0.05, 0.1) is 0 Å². The van der Waals surface area contributed by atoms with Crippen molar-refractivity contribution in [3.63, 3.8) is 0 Å². The van der Waals surface area contributed by atoms with Crippen LogP contribution in [0.5, 0.6) is 5.75 Å². The second-order valence-corrected chi connectivity index (χ2v) is 11.1. The summed E-state index contributed by atoms with van der Waals surface area (Å²) < 4.78 is 57.5. The van der Waals surface area contributed by atoms with E-state index in [9.17, 15) is 22.8 Å². The van der Waals surface area contributed by atoms with Gasteiger partial charge in [-0.15, -0.1) is 0 Å². The molecule has 0 bridgehead atoms. The SMILES string of the molecule is CO[C@H]1O[C@@H](c2ccc(Cl)c(Cc3ccc(OCCNS(N)(=O)=O)cc3)c2)[C@H](OC(C)=O)C(OC(C)=O)C1OC(C)=O. The molecule has 230 valence electrons. The molecule has 1 heterocycles. The molecule has 2 unspecified atom stereocenters. The first-order valence-corrected chi connectivity index (χ1v) is 14.7. The Hall–Kier alpha value is -3.27. The molecule has 1 aliphatic rings. The predicted molar refractivity (Wildman–Crippen MR) is 149 cm³/mol. The van der Waals surface area contributed by atoms with E-state index >= 15 is 0 Å². The van der Waals surface area contributed by atoms with Crippen LogP contribution >= 0.6 is 11.6 Å². The summed E-state index contributed by atoms with van der Waals surface area (Å²) in [4.78, 5) is 35.9. The highest BCUT2D eigenvalue weighted by atomic mass is 35.5. The van der Waals surface area contributed by atoms with Crippen LogP contribution in [0.2, 0.25) is 5.02 Å². The van der Waals surface area contributed by atoms with Gasteiger partial charge >= 0.3 is 17.9 Å². The average molecular weight is 629 g/mol. The number of rotatable bonds is 12. The van der Waals surface area contributed by atoms with Crippen molar-refractivity contribution >= 4 is 39.7 Å². The van der Waals surface area contributed by atoms with Crippen LogP contribution in [-0.2, 0) is 54.7 Å². The summed E-state index contributed by atoms with van der Waals surface area (Å²) in [6, 6.07) is 12.2. The highest BCUT2D eigenvalue weighted by Crippen LogP contribution is 2.39. The van der Waals surface area contributed by atoms with Crippen molar-refractivity contribution in [1.82, 2.24) is 4.72 Å². The Labute approximate surface area is 248 Å². The maximum absolute atomic E-state index is 12.1. The van der Waals surface area contributed by atoms with Crippen LogP contribution in [0.1, 0.15) is 43.6 Å². The van der Waals surface area contributed by atoms with Crippen molar-refractivity contribution < 1.29 is 51.2 Å². The van der Waals surface area contributed by atoms with Crippen molar-refractivity contribution in [3.05, 3.63) is 64.2 Å². The number of hydrogen-bond donors (Lipinski definition) is 2. The Balaban J connectivity index is 1.86. The van der Waals surface area contributed by atoms with E-state index in [1.807, 2.05) is 12.1 Å². The van der Waals surface area contributed by atoms with E-state index in [1.165, 1.54) is 27.9 Å². The molecule has 0 aromatic heterocycles. The second-order valence-electron chi connectivity index (χ2n) is 9.34. The highest BCUT2D eigenvalue weighted by Gasteiger charge is 2.52. The molecule has 1 saturated heterocycles. The summed E-state index contributed by atoms with van der Waals surface area (Å²) in [5.41, 5.74) is 2.14. The van der Waals surface area contributed by atoms with E-state index in [1.54, 1.807) is 30.3 Å². The normalized spacial score (nSPS) is 22.2. The quantitative estimate of drug-likeness (QED) is 0.199. The smallest absolute Gasteiger partial charge is 0.303 e. The lowest BCUT2D eigenvalue weighted by molar-refractivity contribution is -0.300. The van der Waals surface area contributed by atoms with E-state index < -0.39 is 58.8 Å². The number of hydrogen-bond acceptors (Lipinski definition) is 11. The minimum Gasteiger partial charge on any atom is -0.492 e. The van der Waals surface area contributed by atoms with Crippen molar-refractivity contribution in [3.8, 4) is 5.75 Å². The van der Waals surface area contributed by atoms with Crippen molar-refractivity contribution in [2.45, 2.75) is 57.9 Å². The van der Waals surface area contributed by atoms with Crippen molar-refractivity contribution in [1.29, 1.82) is 0 Å². The largest absolute Gasteiger partial charge is 0.492 e. The van der Waals surface area contributed by atoms with E-state index in [4.69, 9.17) is 45.2 Å². The van der Waals surface area contributed by atoms with E-state index in [2.05, 4.69) is 4.72 Å². The van der Waals surface area contributed by atoms with Crippen LogP contribution in [0, 0.1) is 0 Å². The number of ether oxygens (including phenoxy) is 6. The first-order chi connectivity index (χ1) is 19.8. The Morgan fingerprint density at radius 1 is 0.929 bits per heavy atom. The lowest BCUT2D eigenvalue weighted by Gasteiger charge is -2.44. The predicted octanol–water partition coefficient (Wildman–Crippen LogP) is 1.94. The van der Waals surface area contributed by atoms with Gasteiger partial charge in [-0.25, -0.2) is 5.14 Å². The van der Waals surface area contributed by atoms with Gasteiger partial charge in [-0.2, -0.15) is 13.1 Å². The molecule has 0 amide bonds. The zero-order valence-corrected chi connectivity index (χ0v) is 25.0. The molecule has 1 fully saturated rings. The van der Waals surface area contributed by atoms with Gasteiger partial charge in [0.15, 0.2) is 24.6 Å². The van der Waals surface area contributed by atoms with Gasteiger partial charge in [0.1, 0.15) is 18.5 Å². The fourth-order valence-electron chi connectivity index (χ4n) is 4.42. The fourth-order valence-corrected chi connectivity index (χ4v) is 4.97. The summed E-state index contributed by atoms with van der Waals surface area (Å²) in [6.45, 7) is 3.66. The Morgan fingerprint density at radius 3 is 2.10 bits per heavy atom. The van der Waals surface area contributed by atoms with Crippen molar-refractivity contribution in [2.75, 3.05) is 20.3 Å². The topological polar surface area (TPSA) is 179 Å². The van der Waals surface area contributed by atoms with Gasteiger partial charge in [-0.1, -0.05) is 35.9 Å². The molecule has 1 aliphatic heterocycles. The number of methoxy groups -OCH3 is 1. The minimum atomic E-state index is -3.79. The fraction of sp³-hybridized carbons (Fsp3) is 0.444. The summed E-state index contributed by atoms with van der Waals surface area (Å²) in [5.74, 6) is -1.50. The molecule has 0 spiro atoms. The zero-order valence-electron chi connectivity index (χ0n) is 23.4. The Kier molecular flexibility index (Phi) is 11.7. The van der Waals surface area contributed by atoms with Gasteiger partial charge in [0.2, 0.25) is 0 Å². The monoisotopic (exact) mass is 628 g/mol. The maximum Gasteiger partial charge on any atom is 0.303 e. The van der Waals surface area contributed by atoms with Crippen LogP contribution in [0.3, 0.4) is 0 Å². The molecule has 3 N–H and O–H groups in total. The lowest BCUT2D eigenvalue weighted by atomic mass is 9.91. The van der Waals surface area contributed by atoms with Crippen LogP contribution in [0.4, 0.5) is 0 Å². The summed E-state index contributed by atoms with van der Waals surface area (Å²) >= 11 is 6.52. The van der Waals surface area contributed by atoms with Crippen LogP contribution in [0.15, 0.2) is 42.5 Å². The van der Waals surface area contributed by atoms with Gasteiger partial charge in [-0.05, 0) is 41.3 Å². The third-order valence-corrected chi connectivity index (χ3v) is 7.00. The molecule has 0 radical (unpaired) electrons. The van der Waals surface area contributed by atoms with Crippen molar-refractivity contribution in [2.24, 2.45) is 5.14 Å². The maximum atomic E-state index is 12.1. The molecule has 15 heteroatoms. The summed E-state index contributed by atoms with van der Waals surface area (Å²) in [6.07, 6.45) is -5.35. The van der Waals surface area contributed by atoms with E-state index in [-0.39, 0.29) is 13.2 Å². The van der Waals surface area contributed by atoms with E-state index in [0.29, 0.717) is 28.3 Å². The minimum absolute atomic E-state index is 0.0183. The number of benzene rings is 2. The molecule has 42 heavy (non-hydrogen) atoms. The summed E-state index contributed by atoms with van der Waals surface area (Å²) in [5, 5.41) is 5.35. The molecular formula is C27H33ClN2O11S. The zero-order chi connectivity index (χ0) is 31.0. The Morgan fingerprint density at radius 2 is 1.52 bits per heavy atom. The molecule has 0 saturated carbocycles. The van der Waals surface area contributed by atoms with E-state index in [0.717, 1.165) is 5.56 Å². The molecule has 0 aliphatic carbocycles. The standard InChI is InChI=1S/C27H33ClN2O11S/c1-15(31)38-24-23(41-27(36-4)26(40-17(3)33)25(24)39-16(2)32)19-7-10-22(28)20(14-19)13-18-5-8-21(9-6-18)37-12-11-30-42(29,34)35/h5-10,14,23-27,30H,11-13H2,1-4H3,(H2,29,34,35)/t23-,24-,25?,26?,27-/m0/s1. The third-order valence-electron chi connectivity index (χ3n) is 6.02. The number of nitrogens with one attached hydrogen (secondary N) is 1. The average Bonchev–Trinajstić information content (AvgIpc) is 2.89. The van der Waals surface area contributed by atoms with Gasteiger partial charge in [0, 0.05) is 39.4 Å². The number of carbonyl (C=O) groups is 3. The third kappa shape index (κ3) is 9.64. The molecule has 2 aromatic rings. The van der Waals surface area contributed by atoms with Gasteiger partial charge in [0.25, 0.3) is 10.2 Å². The Bertz CT molecular complexity index is 1370. The molecule has 3 rings (SSSR count). The molecule has 5 atom stereocenters. The number of nitrogens with two attached hydrogens (primary N) is 1. The first kappa shape index (κ1) is 33.2. The highest BCUT2D eigenvalue weighted by molar-refractivity contribution is 7.87.